The summed E-state index contributed by atoms with van der Waals surface area (Å²) < 4.78 is 5.40. The maximum Gasteiger partial charge on any atom is 0.134 e. The Bertz CT molecular complexity index is 613. The molecule has 0 aliphatic carbocycles. The van der Waals surface area contributed by atoms with Gasteiger partial charge in [0.1, 0.15) is 5.58 Å². The Hall–Kier alpha value is -1.67. The number of benzene rings is 2. The van der Waals surface area contributed by atoms with E-state index >= 15 is 0 Å². The molecule has 2 aromatic carbocycles. The predicted octanol–water partition coefficient (Wildman–Crippen LogP) is 4.73. The average Bonchev–Trinajstić information content (AvgIpc) is 2.86. The first-order chi connectivity index (χ1) is 8.43. The minimum Gasteiger partial charge on any atom is -0.464 e. The largest absolute Gasteiger partial charge is 0.464 e. The molecule has 2 heteroatoms. The molecule has 0 saturated carbocycles. The Labute approximate surface area is 104 Å². The molecular weight excluding hydrogens is 228 g/mol. The van der Waals surface area contributed by atoms with Crippen LogP contribution in [0.25, 0.3) is 11.0 Å². The molecule has 0 bridgehead atoms. The summed E-state index contributed by atoms with van der Waals surface area (Å²) in [4.78, 5) is 1.28. The Balaban J connectivity index is 1.84. The summed E-state index contributed by atoms with van der Waals surface area (Å²) >= 11 is 1.85. The standard InChI is InChI=1S/C15H12OS/c1-2-5-12(6-3-1)11-17-15-8-4-7-14-13(15)9-10-16-14/h1-10H,11H2. The summed E-state index contributed by atoms with van der Waals surface area (Å²) in [5, 5.41) is 1.20. The fourth-order valence-corrected chi connectivity index (χ4v) is 2.84. The van der Waals surface area contributed by atoms with Crippen LogP contribution in [-0.2, 0) is 5.75 Å². The van der Waals surface area contributed by atoms with Gasteiger partial charge < -0.3 is 4.42 Å². The fraction of sp³-hybridized carbons (Fsp3) is 0.0667. The number of furan rings is 1. The molecule has 0 spiro atoms. The Morgan fingerprint density at radius 2 is 1.76 bits per heavy atom. The van der Waals surface area contributed by atoms with Crippen LogP contribution in [0.15, 0.2) is 70.2 Å². The van der Waals surface area contributed by atoms with E-state index in [9.17, 15) is 0 Å². The summed E-state index contributed by atoms with van der Waals surface area (Å²) in [6, 6.07) is 18.7. The minimum atomic E-state index is 0.961. The van der Waals surface area contributed by atoms with Crippen molar-refractivity contribution in [3.8, 4) is 0 Å². The third kappa shape index (κ3) is 2.22. The van der Waals surface area contributed by atoms with Gasteiger partial charge >= 0.3 is 0 Å². The zero-order chi connectivity index (χ0) is 11.5. The number of hydrogen-bond acceptors (Lipinski definition) is 2. The first-order valence-electron chi connectivity index (χ1n) is 5.56. The van der Waals surface area contributed by atoms with Crippen LogP contribution in [0.5, 0.6) is 0 Å². The van der Waals surface area contributed by atoms with Crippen molar-refractivity contribution in [1.82, 2.24) is 0 Å². The van der Waals surface area contributed by atoms with Crippen molar-refractivity contribution in [1.29, 1.82) is 0 Å². The molecule has 0 aliphatic rings. The molecular formula is C15H12OS. The number of rotatable bonds is 3. The third-order valence-corrected chi connectivity index (χ3v) is 3.84. The molecule has 0 fully saturated rings. The molecule has 84 valence electrons. The molecule has 0 unspecified atom stereocenters. The van der Waals surface area contributed by atoms with Crippen molar-refractivity contribution in [3.05, 3.63) is 66.4 Å². The van der Waals surface area contributed by atoms with E-state index in [1.807, 2.05) is 36.0 Å². The summed E-state index contributed by atoms with van der Waals surface area (Å²) in [6.45, 7) is 0. The summed E-state index contributed by atoms with van der Waals surface area (Å²) in [5.74, 6) is 0.991. The van der Waals surface area contributed by atoms with Crippen LogP contribution in [0, 0.1) is 0 Å². The van der Waals surface area contributed by atoms with Gasteiger partial charge in [0.15, 0.2) is 0 Å². The van der Waals surface area contributed by atoms with Crippen LogP contribution in [0.3, 0.4) is 0 Å². The van der Waals surface area contributed by atoms with Crippen LogP contribution in [0.1, 0.15) is 5.56 Å². The lowest BCUT2D eigenvalue weighted by atomic mass is 10.2. The molecule has 17 heavy (non-hydrogen) atoms. The zero-order valence-corrected chi connectivity index (χ0v) is 10.1. The number of thioether (sulfide) groups is 1. The summed E-state index contributed by atoms with van der Waals surface area (Å²) in [5.41, 5.74) is 2.31. The molecule has 0 radical (unpaired) electrons. The van der Waals surface area contributed by atoms with Crippen molar-refractivity contribution in [2.45, 2.75) is 10.6 Å². The van der Waals surface area contributed by atoms with Gasteiger partial charge in [0.25, 0.3) is 0 Å². The molecule has 1 nitrogen and oxygen atoms in total. The Morgan fingerprint density at radius 3 is 2.65 bits per heavy atom. The van der Waals surface area contributed by atoms with Crippen molar-refractivity contribution in [3.63, 3.8) is 0 Å². The van der Waals surface area contributed by atoms with Crippen molar-refractivity contribution >= 4 is 22.7 Å². The second kappa shape index (κ2) is 4.68. The maximum atomic E-state index is 5.40. The quantitative estimate of drug-likeness (QED) is 0.614. The van der Waals surface area contributed by atoms with Crippen molar-refractivity contribution < 1.29 is 4.42 Å². The van der Waals surface area contributed by atoms with E-state index in [1.54, 1.807) is 6.26 Å². The average molecular weight is 240 g/mol. The first-order valence-corrected chi connectivity index (χ1v) is 6.55. The minimum absolute atomic E-state index is 0.961. The second-order valence-electron chi connectivity index (χ2n) is 3.86. The van der Waals surface area contributed by atoms with E-state index < -0.39 is 0 Å². The summed E-state index contributed by atoms with van der Waals surface area (Å²) in [6.07, 6.45) is 1.75. The molecule has 0 atom stereocenters. The lowest BCUT2D eigenvalue weighted by Crippen LogP contribution is -1.79. The van der Waals surface area contributed by atoms with Crippen LogP contribution >= 0.6 is 11.8 Å². The fourth-order valence-electron chi connectivity index (χ4n) is 1.83. The molecule has 1 heterocycles. The highest BCUT2D eigenvalue weighted by Crippen LogP contribution is 2.30. The van der Waals surface area contributed by atoms with Crippen molar-refractivity contribution in [2.75, 3.05) is 0 Å². The Morgan fingerprint density at radius 1 is 0.882 bits per heavy atom. The van der Waals surface area contributed by atoms with Gasteiger partial charge in [-0.2, -0.15) is 0 Å². The molecule has 1 aromatic heterocycles. The molecule has 0 aliphatic heterocycles. The summed E-state index contributed by atoms with van der Waals surface area (Å²) in [7, 11) is 0. The first kappa shape index (κ1) is 10.5. The van der Waals surface area contributed by atoms with Crippen LogP contribution in [0.2, 0.25) is 0 Å². The molecule has 3 aromatic rings. The normalized spacial score (nSPS) is 10.8. The van der Waals surface area contributed by atoms with E-state index in [4.69, 9.17) is 4.42 Å². The highest BCUT2D eigenvalue weighted by Gasteiger charge is 2.03. The van der Waals surface area contributed by atoms with Gasteiger partial charge in [0, 0.05) is 16.0 Å². The molecule has 0 saturated heterocycles. The van der Waals surface area contributed by atoms with Crippen LogP contribution in [0.4, 0.5) is 0 Å². The van der Waals surface area contributed by atoms with Gasteiger partial charge in [-0.15, -0.1) is 11.8 Å². The maximum absolute atomic E-state index is 5.40. The van der Waals surface area contributed by atoms with Gasteiger partial charge in [0.2, 0.25) is 0 Å². The van der Waals surface area contributed by atoms with Gasteiger partial charge in [-0.05, 0) is 23.8 Å². The highest BCUT2D eigenvalue weighted by molar-refractivity contribution is 7.98. The van der Waals surface area contributed by atoms with Gasteiger partial charge in [-0.3, -0.25) is 0 Å². The second-order valence-corrected chi connectivity index (χ2v) is 4.88. The number of hydrogen-bond donors (Lipinski definition) is 0. The SMILES string of the molecule is c1ccc(CSc2cccc3occc23)cc1. The van der Waals surface area contributed by atoms with Crippen LogP contribution < -0.4 is 0 Å². The smallest absolute Gasteiger partial charge is 0.134 e. The lowest BCUT2D eigenvalue weighted by molar-refractivity contribution is 0.615. The Kier molecular flexibility index (Phi) is 2.88. The van der Waals surface area contributed by atoms with Gasteiger partial charge in [-0.25, -0.2) is 0 Å². The zero-order valence-electron chi connectivity index (χ0n) is 9.30. The molecule has 0 N–H and O–H groups in total. The predicted molar refractivity (Wildman–Crippen MR) is 72.2 cm³/mol. The highest BCUT2D eigenvalue weighted by atomic mass is 32.2. The van der Waals surface area contributed by atoms with Gasteiger partial charge in [0.05, 0.1) is 6.26 Å². The van der Waals surface area contributed by atoms with Gasteiger partial charge in [-0.1, -0.05) is 36.4 Å². The molecule has 0 amide bonds. The molecule has 3 rings (SSSR count). The van der Waals surface area contributed by atoms with E-state index in [0.29, 0.717) is 0 Å². The third-order valence-electron chi connectivity index (χ3n) is 2.69. The number of fused-ring (bicyclic) bond motifs is 1. The van der Waals surface area contributed by atoms with E-state index in [2.05, 4.69) is 30.3 Å². The van der Waals surface area contributed by atoms with E-state index in [1.165, 1.54) is 15.8 Å². The lowest BCUT2D eigenvalue weighted by Gasteiger charge is -2.02. The van der Waals surface area contributed by atoms with Crippen LogP contribution in [-0.4, -0.2) is 0 Å². The van der Waals surface area contributed by atoms with E-state index in [0.717, 1.165) is 11.3 Å². The van der Waals surface area contributed by atoms with Crippen molar-refractivity contribution in [2.24, 2.45) is 0 Å². The topological polar surface area (TPSA) is 13.1 Å². The van der Waals surface area contributed by atoms with E-state index in [-0.39, 0.29) is 0 Å². The monoisotopic (exact) mass is 240 g/mol.